The van der Waals surface area contributed by atoms with E-state index in [0.29, 0.717) is 18.5 Å². The van der Waals surface area contributed by atoms with E-state index in [-0.39, 0.29) is 36.4 Å². The van der Waals surface area contributed by atoms with Crippen LogP contribution in [0.4, 0.5) is 4.39 Å². The Morgan fingerprint density at radius 2 is 1.87 bits per heavy atom. The van der Waals surface area contributed by atoms with E-state index in [1.54, 1.807) is 24.3 Å². The minimum Gasteiger partial charge on any atom is -0.508 e. The maximum absolute atomic E-state index is 14.3. The third-order valence-corrected chi connectivity index (χ3v) is 7.80. The van der Waals surface area contributed by atoms with Crippen molar-refractivity contribution in [3.63, 3.8) is 0 Å². The smallest absolute Gasteiger partial charge is 0.233 e. The summed E-state index contributed by atoms with van der Waals surface area (Å²) < 4.78 is 13.8. The Labute approximate surface area is 220 Å². The summed E-state index contributed by atoms with van der Waals surface area (Å²) in [5, 5.41) is 13.5. The summed E-state index contributed by atoms with van der Waals surface area (Å²) in [6.07, 6.45) is 13.5. The van der Waals surface area contributed by atoms with Gasteiger partial charge in [0.05, 0.1) is 11.5 Å². The molecule has 2 aromatic rings. The molecule has 2 unspecified atom stereocenters. The van der Waals surface area contributed by atoms with Gasteiger partial charge in [0.25, 0.3) is 0 Å². The molecule has 0 aromatic heterocycles. The van der Waals surface area contributed by atoms with Crippen molar-refractivity contribution in [2.24, 2.45) is 5.41 Å². The second kappa shape index (κ2) is 9.45. The maximum Gasteiger partial charge on any atom is 0.233 e. The van der Waals surface area contributed by atoms with E-state index in [0.717, 1.165) is 27.9 Å². The van der Waals surface area contributed by atoms with Crippen LogP contribution in [-0.4, -0.2) is 27.9 Å². The highest BCUT2D eigenvalue weighted by atomic mass is 19.1. The van der Waals surface area contributed by atoms with E-state index < -0.39 is 11.5 Å². The fourth-order valence-corrected chi connectivity index (χ4v) is 6.04. The van der Waals surface area contributed by atoms with E-state index in [2.05, 4.69) is 5.32 Å². The number of nitrogens with zero attached hydrogens (tertiary/aromatic N) is 1. The number of aliphatic hydroxyl groups excluding tert-OH is 1. The molecule has 2 amide bonds. The molecular weight excluding hydrogens is 479 g/mol. The molecule has 6 heteroatoms. The van der Waals surface area contributed by atoms with Gasteiger partial charge in [0.1, 0.15) is 11.6 Å². The molecule has 0 saturated carbocycles. The van der Waals surface area contributed by atoms with Crippen molar-refractivity contribution in [3.05, 3.63) is 142 Å². The molecule has 0 spiro atoms. The SMILES string of the molecule is O=C1CCC2(C(=O)NCc3cccc(F)c3)C3=CC4=C(C=CC(O)=CC4=CC=C3)C2N1Cc1ccccc1. The summed E-state index contributed by atoms with van der Waals surface area (Å²) in [6.45, 7) is 0.519. The third kappa shape index (κ3) is 4.02. The number of allylic oxidation sites excluding steroid dienone is 8. The van der Waals surface area contributed by atoms with Gasteiger partial charge in [-0.05, 0) is 70.2 Å². The average molecular weight is 507 g/mol. The molecule has 5 nitrogen and oxygen atoms in total. The normalized spacial score (nSPS) is 23.6. The first-order valence-electron chi connectivity index (χ1n) is 12.8. The Kier molecular flexibility index (Phi) is 5.95. The number of aliphatic hydroxyl groups is 1. The number of carbonyl (C=O) groups excluding carboxylic acids is 2. The van der Waals surface area contributed by atoms with Crippen molar-refractivity contribution in [1.29, 1.82) is 0 Å². The van der Waals surface area contributed by atoms with Crippen molar-refractivity contribution in [2.75, 3.05) is 0 Å². The molecule has 4 aliphatic rings. The number of carbonyl (C=O) groups is 2. The first-order valence-corrected chi connectivity index (χ1v) is 12.8. The standard InChI is InChI=1S/C32H27FN2O3/c33-25-11-4-8-22(16-25)19-34-31(38)32-15-14-29(37)35(20-21-6-2-1-3-7-21)30(32)27-13-12-26(36)17-23-9-5-10-24(32)18-28(23)27/h1-13,16-18,30,36H,14-15,19-20H2,(H,34,38). The zero-order valence-electron chi connectivity index (χ0n) is 20.7. The number of fused-ring (bicyclic) bond motifs is 3. The van der Waals surface area contributed by atoms with Crippen LogP contribution in [-0.2, 0) is 22.7 Å². The van der Waals surface area contributed by atoms with Crippen LogP contribution in [0.25, 0.3) is 0 Å². The average Bonchev–Trinajstić information content (AvgIpc) is 3.19. The van der Waals surface area contributed by atoms with Crippen LogP contribution < -0.4 is 5.32 Å². The summed E-state index contributed by atoms with van der Waals surface area (Å²) >= 11 is 0. The number of benzene rings is 2. The van der Waals surface area contributed by atoms with Gasteiger partial charge >= 0.3 is 0 Å². The molecular formula is C32H27FN2O3. The Balaban J connectivity index is 1.48. The fourth-order valence-electron chi connectivity index (χ4n) is 6.04. The second-order valence-electron chi connectivity index (χ2n) is 10.0. The minimum atomic E-state index is -1.06. The molecule has 190 valence electrons. The van der Waals surface area contributed by atoms with Crippen molar-refractivity contribution < 1.29 is 19.1 Å². The highest BCUT2D eigenvalue weighted by molar-refractivity contribution is 5.94. The van der Waals surface area contributed by atoms with Gasteiger partial charge in [-0.15, -0.1) is 0 Å². The van der Waals surface area contributed by atoms with Crippen LogP contribution in [0.15, 0.2) is 125 Å². The van der Waals surface area contributed by atoms with E-state index >= 15 is 0 Å². The van der Waals surface area contributed by atoms with Gasteiger partial charge in [0, 0.05) is 19.5 Å². The Bertz CT molecular complexity index is 1510. The van der Waals surface area contributed by atoms with E-state index in [4.69, 9.17) is 0 Å². The lowest BCUT2D eigenvalue weighted by Gasteiger charge is -2.52. The highest BCUT2D eigenvalue weighted by Gasteiger charge is 2.57. The molecule has 1 heterocycles. The van der Waals surface area contributed by atoms with Crippen LogP contribution in [0, 0.1) is 11.2 Å². The molecule has 2 bridgehead atoms. The van der Waals surface area contributed by atoms with Gasteiger partial charge in [-0.3, -0.25) is 9.59 Å². The van der Waals surface area contributed by atoms with Crippen LogP contribution >= 0.6 is 0 Å². The fraction of sp³-hybridized carbons (Fsp3) is 0.188. The van der Waals surface area contributed by atoms with Crippen molar-refractivity contribution in [3.8, 4) is 0 Å². The van der Waals surface area contributed by atoms with E-state index in [1.165, 1.54) is 12.1 Å². The first-order chi connectivity index (χ1) is 18.5. The lowest BCUT2D eigenvalue weighted by molar-refractivity contribution is -0.147. The summed E-state index contributed by atoms with van der Waals surface area (Å²) in [5.41, 5.74) is 3.91. The van der Waals surface area contributed by atoms with Gasteiger partial charge in [-0.1, -0.05) is 66.8 Å². The number of nitrogens with one attached hydrogen (secondary N) is 1. The Morgan fingerprint density at radius 1 is 1.05 bits per heavy atom. The number of piperidine rings is 1. The molecule has 2 aromatic carbocycles. The molecule has 1 fully saturated rings. The zero-order chi connectivity index (χ0) is 26.3. The van der Waals surface area contributed by atoms with Gasteiger partial charge in [-0.2, -0.15) is 0 Å². The summed E-state index contributed by atoms with van der Waals surface area (Å²) in [4.78, 5) is 29.7. The number of likely N-dealkylation sites (tertiary alicyclic amines) is 1. The molecule has 2 N–H and O–H groups in total. The van der Waals surface area contributed by atoms with Crippen molar-refractivity contribution >= 4 is 11.8 Å². The van der Waals surface area contributed by atoms with Crippen molar-refractivity contribution in [1.82, 2.24) is 10.2 Å². The summed E-state index contributed by atoms with van der Waals surface area (Å²) in [6, 6.07) is 15.3. The van der Waals surface area contributed by atoms with E-state index in [9.17, 15) is 19.1 Å². The highest BCUT2D eigenvalue weighted by Crippen LogP contribution is 2.53. The number of halogens is 1. The van der Waals surface area contributed by atoms with Crippen molar-refractivity contribution in [2.45, 2.75) is 32.0 Å². The molecule has 2 atom stereocenters. The monoisotopic (exact) mass is 506 g/mol. The largest absolute Gasteiger partial charge is 0.508 e. The summed E-state index contributed by atoms with van der Waals surface area (Å²) in [7, 11) is 0. The van der Waals surface area contributed by atoms with Crippen LogP contribution in [0.5, 0.6) is 0 Å². The Hall–Kier alpha value is -4.45. The predicted molar refractivity (Wildman–Crippen MR) is 143 cm³/mol. The summed E-state index contributed by atoms with van der Waals surface area (Å²) in [5.74, 6) is -0.489. The van der Waals surface area contributed by atoms with Gasteiger partial charge in [-0.25, -0.2) is 4.39 Å². The molecule has 0 radical (unpaired) electrons. The topological polar surface area (TPSA) is 69.6 Å². The van der Waals surface area contributed by atoms with Gasteiger partial charge < -0.3 is 15.3 Å². The predicted octanol–water partition coefficient (Wildman–Crippen LogP) is 5.36. The number of hydrogen-bond acceptors (Lipinski definition) is 3. The lowest BCUT2D eigenvalue weighted by Crippen LogP contribution is -2.62. The number of rotatable bonds is 5. The molecule has 1 saturated heterocycles. The minimum absolute atomic E-state index is 0.0240. The molecule has 3 aliphatic carbocycles. The number of amides is 2. The molecule has 1 aliphatic heterocycles. The molecule has 38 heavy (non-hydrogen) atoms. The maximum atomic E-state index is 14.3. The molecule has 6 rings (SSSR count). The van der Waals surface area contributed by atoms with Gasteiger partial charge in [0.2, 0.25) is 11.8 Å². The second-order valence-corrected chi connectivity index (χ2v) is 10.0. The third-order valence-electron chi connectivity index (χ3n) is 7.80. The zero-order valence-corrected chi connectivity index (χ0v) is 20.7. The van der Waals surface area contributed by atoms with Gasteiger partial charge in [0.15, 0.2) is 0 Å². The van der Waals surface area contributed by atoms with Crippen LogP contribution in [0.1, 0.15) is 24.0 Å². The van der Waals surface area contributed by atoms with Crippen LogP contribution in [0.2, 0.25) is 0 Å². The lowest BCUT2D eigenvalue weighted by atomic mass is 9.61. The quantitative estimate of drug-likeness (QED) is 0.573. The van der Waals surface area contributed by atoms with Crippen LogP contribution in [0.3, 0.4) is 0 Å². The van der Waals surface area contributed by atoms with E-state index in [1.807, 2.05) is 65.6 Å². The first kappa shape index (κ1) is 23.9. The Morgan fingerprint density at radius 3 is 2.68 bits per heavy atom. The number of hydrogen-bond donors (Lipinski definition) is 2.